The first-order valence-electron chi connectivity index (χ1n) is 21.1. The molecule has 2 nitrogen and oxygen atoms in total. The largest absolute Gasteiger partial charge is 0.457 e. The van der Waals surface area contributed by atoms with E-state index in [0.29, 0.717) is 0 Å². The summed E-state index contributed by atoms with van der Waals surface area (Å²) in [6, 6.07) is 79.4. The maximum Gasteiger partial charge on any atom is 0.132 e. The van der Waals surface area contributed by atoms with Gasteiger partial charge < -0.3 is 9.47 Å². The first-order valence-corrected chi connectivity index (χ1v) is 22.7. The molecule has 0 N–H and O–H groups in total. The van der Waals surface area contributed by atoms with Crippen LogP contribution in [0.15, 0.2) is 218 Å². The third-order valence-corrected chi connectivity index (χ3v) is 15.7. The lowest BCUT2D eigenvalue weighted by atomic mass is 9.54. The van der Waals surface area contributed by atoms with Crippen molar-refractivity contribution < 1.29 is 9.47 Å². The smallest absolute Gasteiger partial charge is 0.132 e. The second-order valence-electron chi connectivity index (χ2n) is 16.3. The Morgan fingerprint density at radius 1 is 0.258 bits per heavy atom. The summed E-state index contributed by atoms with van der Waals surface area (Å²) in [4.78, 5) is 5.03. The number of para-hydroxylation sites is 4. The normalized spacial score (nSPS) is 14.3. The lowest BCUT2D eigenvalue weighted by Crippen LogP contribution is -2.45. The lowest BCUT2D eigenvalue weighted by Gasteiger charge is -2.50. The Kier molecular flexibility index (Phi) is 7.81. The number of hydrogen-bond donors (Lipinski definition) is 0. The van der Waals surface area contributed by atoms with Gasteiger partial charge in [-0.1, -0.05) is 170 Å². The summed E-state index contributed by atoms with van der Waals surface area (Å²) in [5, 5.41) is 0. The first-order chi connectivity index (χ1) is 30.7. The third-order valence-electron chi connectivity index (χ3n) is 13.1. The lowest BCUT2D eigenvalue weighted by molar-refractivity contribution is 0.418. The number of hydrogen-bond acceptors (Lipinski definition) is 4. The zero-order valence-electron chi connectivity index (χ0n) is 33.4. The van der Waals surface area contributed by atoms with Crippen molar-refractivity contribution in [1.29, 1.82) is 0 Å². The summed E-state index contributed by atoms with van der Waals surface area (Å²) in [6.07, 6.45) is 0. The fraction of sp³-hybridized carbons (Fsp3) is 0.0345. The van der Waals surface area contributed by atoms with E-state index in [1.54, 1.807) is 0 Å². The average molecular weight is 829 g/mol. The van der Waals surface area contributed by atoms with E-state index >= 15 is 0 Å². The van der Waals surface area contributed by atoms with Crippen molar-refractivity contribution in [3.63, 3.8) is 0 Å². The highest BCUT2D eigenvalue weighted by molar-refractivity contribution is 7.17. The molecule has 2 aromatic heterocycles. The molecule has 0 saturated carbocycles. The molecule has 3 aliphatic rings. The molecule has 0 radical (unpaired) electrons. The third kappa shape index (κ3) is 4.96. The average Bonchev–Trinajstić information content (AvgIpc) is 4.01. The SMILES string of the molecule is c1ccc(-c2cccc(-c3cc4c(s3)C3(c5ccccc5Oc5ccccc53)c3cc(-c5cccc(-c6ccccc6)c5)sc3C43c4ccccc4Oc4ccccc43)c2)cc1. The molecule has 0 saturated heterocycles. The minimum absolute atomic E-state index is 0.699. The van der Waals surface area contributed by atoms with Gasteiger partial charge in [-0.25, -0.2) is 0 Å². The summed E-state index contributed by atoms with van der Waals surface area (Å²) in [5.74, 6) is 3.52. The molecule has 0 atom stereocenters. The number of benzene rings is 8. The van der Waals surface area contributed by atoms with E-state index in [2.05, 4.69) is 218 Å². The van der Waals surface area contributed by atoms with Crippen LogP contribution in [0, 0.1) is 0 Å². The monoisotopic (exact) mass is 828 g/mol. The Bertz CT molecular complexity index is 3010. The second-order valence-corrected chi connectivity index (χ2v) is 18.4. The van der Waals surface area contributed by atoms with Crippen LogP contribution in [0.2, 0.25) is 0 Å². The molecular formula is C58H36O2S2. The Morgan fingerprint density at radius 2 is 0.565 bits per heavy atom. The molecule has 0 bridgehead atoms. The summed E-state index contributed by atoms with van der Waals surface area (Å²) in [6.45, 7) is 0. The summed E-state index contributed by atoms with van der Waals surface area (Å²) in [7, 11) is 0. The highest BCUT2D eigenvalue weighted by Crippen LogP contribution is 2.70. The molecule has 13 rings (SSSR count). The van der Waals surface area contributed by atoms with E-state index in [1.807, 2.05) is 22.7 Å². The first kappa shape index (κ1) is 35.5. The predicted molar refractivity (Wildman–Crippen MR) is 254 cm³/mol. The van der Waals surface area contributed by atoms with Crippen molar-refractivity contribution in [3.05, 3.63) is 262 Å². The predicted octanol–water partition coefficient (Wildman–Crippen LogP) is 15.8. The standard InChI is InChI=1S/C58H36O2S2/c1-3-17-37(18-4-1)39-21-15-23-41(33-39)53-35-47-55(61-53)58(45-27-9-13-31-51(45)60-52-32-14-10-28-46(52)58)48-36-54(42-24-16-22-40(34-42)38-19-5-2-6-20-38)62-56(48)57(47)43-25-7-11-29-49(43)59-50-30-12-8-26-44(50)57/h1-36H. The quantitative estimate of drug-likeness (QED) is 0.176. The van der Waals surface area contributed by atoms with Crippen molar-refractivity contribution in [2.24, 2.45) is 0 Å². The van der Waals surface area contributed by atoms with Gasteiger partial charge in [-0.2, -0.15) is 0 Å². The molecule has 0 fully saturated rings. The van der Waals surface area contributed by atoms with Crippen LogP contribution in [0.3, 0.4) is 0 Å². The van der Waals surface area contributed by atoms with Gasteiger partial charge in [0.25, 0.3) is 0 Å². The van der Waals surface area contributed by atoms with E-state index in [4.69, 9.17) is 9.47 Å². The van der Waals surface area contributed by atoms with Gasteiger partial charge in [0.15, 0.2) is 0 Å². The van der Waals surface area contributed by atoms with Gasteiger partial charge in [-0.3, -0.25) is 0 Å². The molecule has 4 heteroatoms. The van der Waals surface area contributed by atoms with Crippen molar-refractivity contribution in [3.8, 4) is 66.1 Å². The minimum atomic E-state index is -0.699. The van der Waals surface area contributed by atoms with Crippen LogP contribution in [-0.2, 0) is 10.8 Å². The van der Waals surface area contributed by atoms with Gasteiger partial charge in [0.05, 0.1) is 10.8 Å². The number of fused-ring (bicyclic) bond motifs is 14. The molecule has 4 heterocycles. The molecule has 10 aromatic rings. The Morgan fingerprint density at radius 3 is 0.935 bits per heavy atom. The molecule has 2 spiro atoms. The molecule has 62 heavy (non-hydrogen) atoms. The van der Waals surface area contributed by atoms with E-state index in [9.17, 15) is 0 Å². The highest BCUT2D eigenvalue weighted by Gasteiger charge is 2.60. The van der Waals surface area contributed by atoms with E-state index in [0.717, 1.165) is 45.3 Å². The Hall–Kier alpha value is -7.24. The molecule has 292 valence electrons. The summed E-state index contributed by atoms with van der Waals surface area (Å²) >= 11 is 3.84. The van der Waals surface area contributed by atoms with E-state index < -0.39 is 10.8 Å². The summed E-state index contributed by atoms with van der Waals surface area (Å²) in [5.41, 5.74) is 12.9. The van der Waals surface area contributed by atoms with Crippen LogP contribution in [0.5, 0.6) is 23.0 Å². The van der Waals surface area contributed by atoms with Crippen molar-refractivity contribution in [1.82, 2.24) is 0 Å². The summed E-state index contributed by atoms with van der Waals surface area (Å²) < 4.78 is 13.8. The second kappa shape index (κ2) is 13.6. The van der Waals surface area contributed by atoms with Crippen LogP contribution in [0.1, 0.15) is 43.1 Å². The van der Waals surface area contributed by atoms with Gasteiger partial charge in [0.2, 0.25) is 0 Å². The van der Waals surface area contributed by atoms with Crippen LogP contribution in [-0.4, -0.2) is 0 Å². The molecular weight excluding hydrogens is 793 g/mol. The Balaban J connectivity index is 1.18. The zero-order chi connectivity index (χ0) is 40.8. The molecule has 2 aliphatic heterocycles. The molecule has 0 unspecified atom stereocenters. The van der Waals surface area contributed by atoms with Gasteiger partial charge in [0, 0.05) is 41.8 Å². The van der Waals surface area contributed by atoms with E-state index in [-0.39, 0.29) is 0 Å². The molecule has 1 aliphatic carbocycles. The maximum atomic E-state index is 6.88. The van der Waals surface area contributed by atoms with Gasteiger partial charge in [-0.15, -0.1) is 22.7 Å². The Labute approximate surface area is 368 Å². The fourth-order valence-corrected chi connectivity index (χ4v) is 13.3. The van der Waals surface area contributed by atoms with Gasteiger partial charge >= 0.3 is 0 Å². The van der Waals surface area contributed by atoms with Crippen molar-refractivity contribution in [2.45, 2.75) is 10.8 Å². The van der Waals surface area contributed by atoms with Gasteiger partial charge in [-0.05, 0) is 93.0 Å². The van der Waals surface area contributed by atoms with Gasteiger partial charge in [0.1, 0.15) is 23.0 Å². The van der Waals surface area contributed by atoms with Crippen molar-refractivity contribution in [2.75, 3.05) is 0 Å². The maximum absolute atomic E-state index is 6.88. The number of ether oxygens (including phenoxy) is 2. The number of thiophene rings is 2. The molecule has 8 aromatic carbocycles. The number of rotatable bonds is 4. The van der Waals surface area contributed by atoms with Crippen LogP contribution in [0.4, 0.5) is 0 Å². The molecule has 0 amide bonds. The minimum Gasteiger partial charge on any atom is -0.457 e. The van der Waals surface area contributed by atoms with Crippen molar-refractivity contribution >= 4 is 22.7 Å². The van der Waals surface area contributed by atoms with E-state index in [1.165, 1.54) is 64.0 Å². The van der Waals surface area contributed by atoms with Crippen LogP contribution in [0.25, 0.3) is 43.1 Å². The van der Waals surface area contributed by atoms with Crippen LogP contribution >= 0.6 is 22.7 Å². The topological polar surface area (TPSA) is 18.5 Å². The fourth-order valence-electron chi connectivity index (χ4n) is 10.4. The highest BCUT2D eigenvalue weighted by atomic mass is 32.1. The van der Waals surface area contributed by atoms with Crippen LogP contribution < -0.4 is 9.47 Å². The zero-order valence-corrected chi connectivity index (χ0v) is 35.1.